The lowest BCUT2D eigenvalue weighted by molar-refractivity contribution is -0.385. The van der Waals surface area contributed by atoms with Crippen LogP contribution >= 0.6 is 0 Å². The fraction of sp³-hybridized carbons (Fsp3) is 0.377. The van der Waals surface area contributed by atoms with E-state index in [-0.39, 0.29) is 35.0 Å². The topological polar surface area (TPSA) is 324 Å². The van der Waals surface area contributed by atoms with E-state index < -0.39 is 20.9 Å². The van der Waals surface area contributed by atoms with Gasteiger partial charge in [-0.3, -0.25) is 35.1 Å². The number of benzene rings is 6. The molecule has 4 unspecified atom stereocenters. The highest BCUT2D eigenvalue weighted by molar-refractivity contribution is 6.02. The Hall–Kier alpha value is -8.06. The third kappa shape index (κ3) is 15.6. The normalized spacial score (nSPS) is 19.5. The van der Waals surface area contributed by atoms with Crippen molar-refractivity contribution in [1.82, 2.24) is 0 Å². The Morgan fingerprint density at radius 1 is 0.456 bits per heavy atom. The Morgan fingerprint density at radius 3 is 1.37 bits per heavy atom. The Bertz CT molecular complexity index is 3050. The van der Waals surface area contributed by atoms with Gasteiger partial charge in [0, 0.05) is 77.0 Å². The number of carbonyl (C=O) groups is 1. The molecule has 4 atom stereocenters. The maximum absolute atomic E-state index is 11.4. The van der Waals surface area contributed by atoms with Crippen LogP contribution in [0, 0.1) is 30.3 Å². The van der Waals surface area contributed by atoms with Crippen LogP contribution in [0.25, 0.3) is 0 Å². The number of nitro groups is 3. The van der Waals surface area contributed by atoms with Crippen LogP contribution in [0.4, 0.5) is 34.1 Å². The molecule has 0 heterocycles. The molecule has 0 spiro atoms. The van der Waals surface area contributed by atoms with Gasteiger partial charge in [-0.15, -0.1) is 0 Å². The van der Waals surface area contributed by atoms with Gasteiger partial charge in [0.1, 0.15) is 0 Å². The van der Waals surface area contributed by atoms with Crippen LogP contribution in [-0.2, 0) is 38.5 Å². The number of oxime groups is 1. The van der Waals surface area contributed by atoms with Crippen molar-refractivity contribution >= 4 is 45.6 Å². The van der Waals surface area contributed by atoms with Gasteiger partial charge in [0.05, 0.1) is 32.7 Å². The van der Waals surface area contributed by atoms with Crippen molar-refractivity contribution in [2.24, 2.45) is 10.9 Å². The zero-order valence-electron chi connectivity index (χ0n) is 44.7. The summed E-state index contributed by atoms with van der Waals surface area (Å²) in [6.07, 6.45) is 16.8. The van der Waals surface area contributed by atoms with E-state index in [0.29, 0.717) is 42.0 Å². The van der Waals surface area contributed by atoms with Crippen LogP contribution in [0.3, 0.4) is 0 Å². The van der Waals surface area contributed by atoms with Crippen LogP contribution < -0.4 is 22.9 Å². The van der Waals surface area contributed by atoms with Crippen molar-refractivity contribution in [3.63, 3.8) is 0 Å². The number of nitrogens with two attached hydrogens (primary N) is 4. The summed E-state index contributed by atoms with van der Waals surface area (Å²) < 4.78 is 0. The number of nitro benzene ring substituents is 3. The van der Waals surface area contributed by atoms with Crippen molar-refractivity contribution < 1.29 is 35.0 Å². The van der Waals surface area contributed by atoms with E-state index >= 15 is 0 Å². The third-order valence-corrected chi connectivity index (χ3v) is 15.4. The minimum Gasteiger partial charge on any atom is -0.411 e. The van der Waals surface area contributed by atoms with Crippen LogP contribution in [0.5, 0.6) is 0 Å². The maximum atomic E-state index is 11.4. The Balaban J connectivity index is 0.000000137. The molecule has 0 fully saturated rings. The van der Waals surface area contributed by atoms with E-state index in [2.05, 4.69) is 30.3 Å². The molecule has 6 aliphatic rings. The molecule has 79 heavy (non-hydrogen) atoms. The molecule has 12 rings (SSSR count). The first-order valence-corrected chi connectivity index (χ1v) is 27.2. The van der Waals surface area contributed by atoms with E-state index in [9.17, 15) is 45.4 Å². The number of nitrogen functional groups attached to an aromatic ring is 3. The number of hydrogen-bond donors (Lipinski definition) is 7. The summed E-state index contributed by atoms with van der Waals surface area (Å²) in [6.45, 7) is 2.29. The number of aliphatic hydroxyl groups excluding tert-OH is 2. The van der Waals surface area contributed by atoms with Gasteiger partial charge in [-0.2, -0.15) is 0 Å². The van der Waals surface area contributed by atoms with Crippen LogP contribution in [0.15, 0.2) is 114 Å². The van der Waals surface area contributed by atoms with Crippen molar-refractivity contribution in [1.29, 1.82) is 0 Å². The fourth-order valence-electron chi connectivity index (χ4n) is 11.2. The molecule has 6 aliphatic carbocycles. The largest absolute Gasteiger partial charge is 0.411 e. The molecule has 11 N–H and O–H groups in total. The average molecular weight is 1080 g/mol. The van der Waals surface area contributed by atoms with Gasteiger partial charge in [-0.25, -0.2) is 0 Å². The second kappa shape index (κ2) is 27.5. The van der Waals surface area contributed by atoms with Crippen LogP contribution in [0.2, 0.25) is 0 Å². The number of Topliss-reactive ketones (excluding diaryl/α,β-unsaturated/α-hetero) is 1. The molecular formula is C61H72N8O10. The number of anilines is 3. The molecular weight excluding hydrogens is 1000 g/mol. The third-order valence-electron chi connectivity index (χ3n) is 15.4. The summed E-state index contributed by atoms with van der Waals surface area (Å²) in [5.74, 6) is 0.729. The smallest absolute Gasteiger partial charge is 0.270 e. The average Bonchev–Trinajstić information content (AvgIpc) is 3.47. The zero-order valence-corrected chi connectivity index (χ0v) is 44.7. The summed E-state index contributed by atoms with van der Waals surface area (Å²) in [4.78, 5) is 41.7. The van der Waals surface area contributed by atoms with Gasteiger partial charge >= 0.3 is 0 Å². The SMILES string of the molecule is CC1CCCc2ccc(N)cc21.Nc1ccc2c(c1)C(N)CCC2.Nc1ccc2c(c1)C(O)CCC2.O=C1CCCc2ccc([N+](=O)[O-])cc21.O=[N+]([O-])c1ccc2c(c1)/C(=N/O)CCC2.O=[N+]([O-])c1ccc2c(c1)C(O)CCC2. The lowest BCUT2D eigenvalue weighted by Crippen LogP contribution is -2.17. The Kier molecular flexibility index (Phi) is 20.4. The van der Waals surface area contributed by atoms with Gasteiger partial charge in [0.25, 0.3) is 17.1 Å². The summed E-state index contributed by atoms with van der Waals surface area (Å²) in [5, 5.41) is 62.8. The van der Waals surface area contributed by atoms with Crippen molar-refractivity contribution in [2.45, 2.75) is 147 Å². The monoisotopic (exact) mass is 1080 g/mol. The van der Waals surface area contributed by atoms with E-state index in [1.54, 1.807) is 18.2 Å². The first kappa shape index (κ1) is 58.6. The zero-order chi connectivity index (χ0) is 56.8. The highest BCUT2D eigenvalue weighted by Gasteiger charge is 2.24. The number of rotatable bonds is 3. The number of aliphatic hydroxyl groups is 2. The van der Waals surface area contributed by atoms with Crippen molar-refractivity contribution in [3.8, 4) is 0 Å². The lowest BCUT2D eigenvalue weighted by atomic mass is 9.84. The Labute approximate surface area is 460 Å². The number of fused-ring (bicyclic) bond motifs is 6. The summed E-state index contributed by atoms with van der Waals surface area (Å²) in [6, 6.07) is 32.4. The number of carbonyl (C=O) groups excluding carboxylic acids is 1. The van der Waals surface area contributed by atoms with E-state index in [1.165, 1.54) is 89.9 Å². The first-order chi connectivity index (χ1) is 37.9. The van der Waals surface area contributed by atoms with Crippen molar-refractivity contribution in [2.75, 3.05) is 17.2 Å². The number of ketones is 1. The molecule has 6 aromatic rings. The van der Waals surface area contributed by atoms with E-state index in [0.717, 1.165) is 116 Å². The summed E-state index contributed by atoms with van der Waals surface area (Å²) >= 11 is 0. The fourth-order valence-corrected chi connectivity index (χ4v) is 11.2. The minimum atomic E-state index is -0.529. The molecule has 18 heteroatoms. The first-order valence-electron chi connectivity index (χ1n) is 27.2. The standard InChI is InChI=1S/C11H15N.C10H10N2O3.C10H14N2.C10H11NO3.C10H9NO3.C10H13NO/c1-8-3-2-4-9-5-6-10(12)7-11(8)9;13-11-10-3-1-2-7-4-5-8(12(14)15)6-9(7)10;11-8-5-4-7-2-1-3-10(12)9(7)6-8;2*12-10-3-1-2-7-4-5-8(11(13)14)6-9(7)10;11-8-5-4-7-2-1-3-10(12)9(7)6-8/h5-8H,2-4,12H2,1H3;4-6,13H,1-3H2;4-6,10H,1-3,11-12H2;4-6,10,12H,1-3H2;4-6H,1-3H2;4-6,10,12H,1-3,11H2/b;11-10+;;;;. The maximum Gasteiger partial charge on any atom is 0.270 e. The molecule has 0 radical (unpaired) electrons. The highest BCUT2D eigenvalue weighted by Crippen LogP contribution is 2.35. The van der Waals surface area contributed by atoms with Gasteiger partial charge < -0.3 is 38.4 Å². The summed E-state index contributed by atoms with van der Waals surface area (Å²) in [7, 11) is 0. The predicted molar refractivity (Wildman–Crippen MR) is 307 cm³/mol. The van der Waals surface area contributed by atoms with Gasteiger partial charge in [0.2, 0.25) is 0 Å². The number of aryl methyl sites for hydroxylation is 6. The van der Waals surface area contributed by atoms with Gasteiger partial charge in [-0.05, 0) is 207 Å². The molecule has 0 amide bonds. The molecule has 18 nitrogen and oxygen atoms in total. The molecule has 0 saturated carbocycles. The Morgan fingerprint density at radius 2 is 0.835 bits per heavy atom. The predicted octanol–water partition coefficient (Wildman–Crippen LogP) is 12.1. The second-order valence-corrected chi connectivity index (χ2v) is 21.0. The van der Waals surface area contributed by atoms with E-state index in [4.69, 9.17) is 28.1 Å². The molecule has 416 valence electrons. The van der Waals surface area contributed by atoms with Gasteiger partial charge in [-0.1, -0.05) is 48.5 Å². The molecule has 0 bridgehead atoms. The number of non-ortho nitro benzene ring substituents is 3. The van der Waals surface area contributed by atoms with Crippen LogP contribution in [0.1, 0.15) is 180 Å². The lowest BCUT2D eigenvalue weighted by Gasteiger charge is -2.22. The van der Waals surface area contributed by atoms with Crippen molar-refractivity contribution in [3.05, 3.63) is 206 Å². The quantitative estimate of drug-likeness (QED) is 0.0375. The van der Waals surface area contributed by atoms with E-state index in [1.807, 2.05) is 36.4 Å². The molecule has 6 aromatic carbocycles. The van der Waals surface area contributed by atoms with Gasteiger partial charge in [0.15, 0.2) is 5.78 Å². The number of nitrogens with zero attached hydrogens (tertiary/aromatic N) is 4. The minimum absolute atomic E-state index is 0.000926. The highest BCUT2D eigenvalue weighted by atomic mass is 16.6. The van der Waals surface area contributed by atoms with Crippen LogP contribution in [-0.4, -0.2) is 41.7 Å². The molecule has 0 aromatic heterocycles. The molecule has 0 aliphatic heterocycles. The second-order valence-electron chi connectivity index (χ2n) is 21.0. The number of hydrogen-bond acceptors (Lipinski definition) is 15. The molecule has 0 saturated heterocycles. The summed E-state index contributed by atoms with van der Waals surface area (Å²) in [5.41, 5.74) is 39.0.